The lowest BCUT2D eigenvalue weighted by atomic mass is 10.0. The van der Waals surface area contributed by atoms with Crippen molar-refractivity contribution < 1.29 is 0 Å². The Kier molecular flexibility index (Phi) is 21.2. The van der Waals surface area contributed by atoms with Crippen LogP contribution in [0.25, 0.3) is 167 Å². The first-order valence-corrected chi connectivity index (χ1v) is 39.1. The molecule has 21 rings (SSSR count). The van der Waals surface area contributed by atoms with Crippen molar-refractivity contribution in [2.75, 3.05) is 0 Å². The van der Waals surface area contributed by atoms with E-state index >= 15 is 0 Å². The van der Waals surface area contributed by atoms with Gasteiger partial charge in [-0.2, -0.15) is 21.0 Å². The van der Waals surface area contributed by atoms with Crippen molar-refractivity contribution in [2.24, 2.45) is 49.3 Å². The minimum Gasteiger partial charge on any atom is -0.345 e. The van der Waals surface area contributed by atoms with Crippen LogP contribution in [0.2, 0.25) is 0 Å². The van der Waals surface area contributed by atoms with Crippen LogP contribution in [0.15, 0.2) is 255 Å². The smallest absolute Gasteiger partial charge is 0.197 e. The molecule has 0 saturated heterocycles. The van der Waals surface area contributed by atoms with E-state index in [4.69, 9.17) is 25.0 Å². The van der Waals surface area contributed by atoms with Crippen LogP contribution in [0.5, 0.6) is 0 Å². The van der Waals surface area contributed by atoms with Crippen LogP contribution < -0.4 is 0 Å². The van der Waals surface area contributed by atoms with Gasteiger partial charge >= 0.3 is 0 Å². The summed E-state index contributed by atoms with van der Waals surface area (Å²) in [6, 6.07) is 95.3. The molecule has 0 unspecified atom stereocenters. The number of aromatic nitrogens is 7. The number of nitriles is 4. The minimum absolute atomic E-state index is 0.695. The van der Waals surface area contributed by atoms with Crippen molar-refractivity contribution in [3.8, 4) is 24.3 Å². The van der Waals surface area contributed by atoms with Gasteiger partial charge in [-0.05, 0) is 178 Å². The van der Waals surface area contributed by atoms with Crippen LogP contribution in [0.4, 0.5) is 17.1 Å². The Hall–Kier alpha value is -15.9. The molecule has 0 N–H and O–H groups in total. The monoisotopic (exact) mass is 1540 g/mol. The summed E-state index contributed by atoms with van der Waals surface area (Å²) in [7, 11) is 14.3. The maximum atomic E-state index is 9.30. The average Bonchev–Trinajstić information content (AvgIpc) is 1.62. The summed E-state index contributed by atoms with van der Waals surface area (Å²) in [4.78, 5) is 10.8. The molecule has 0 atom stereocenters. The Morgan fingerprint density at radius 1 is 0.235 bits per heavy atom. The van der Waals surface area contributed by atoms with E-state index in [0.717, 1.165) is 121 Å². The molecule has 14 aromatic carbocycles. The highest BCUT2D eigenvalue weighted by atomic mass is 15.0. The molecule has 0 aliphatic carbocycles. The molecular weight excluding hydrogens is 1460 g/mol. The third-order valence-corrected chi connectivity index (χ3v) is 23.3. The highest BCUT2D eigenvalue weighted by Gasteiger charge is 2.19. The Morgan fingerprint density at radius 3 is 1.30 bits per heavy atom. The van der Waals surface area contributed by atoms with Gasteiger partial charge in [0.1, 0.15) is 12.1 Å². The van der Waals surface area contributed by atoms with Gasteiger partial charge in [0, 0.05) is 169 Å². The van der Waals surface area contributed by atoms with E-state index in [-0.39, 0.29) is 0 Å². The fraction of sp³-hybridized carbons (Fsp3) is 0.133. The lowest BCUT2D eigenvalue weighted by Crippen LogP contribution is -1.91. The van der Waals surface area contributed by atoms with Crippen LogP contribution in [-0.2, 0) is 49.3 Å². The summed E-state index contributed by atoms with van der Waals surface area (Å²) < 4.78 is 15.0. The third-order valence-electron chi connectivity index (χ3n) is 23.3. The first kappa shape index (κ1) is 78.4. The Bertz CT molecular complexity index is 8050. The van der Waals surface area contributed by atoms with Gasteiger partial charge in [-0.1, -0.05) is 175 Å². The van der Waals surface area contributed by atoms with Gasteiger partial charge in [-0.25, -0.2) is 14.5 Å². The van der Waals surface area contributed by atoms with Crippen molar-refractivity contribution in [3.63, 3.8) is 0 Å². The Labute approximate surface area is 690 Å². The van der Waals surface area contributed by atoms with Crippen LogP contribution in [0.3, 0.4) is 0 Å². The number of hydrogen-bond donors (Lipinski definition) is 0. The number of hydrogen-bond acceptors (Lipinski definition) is 4. The van der Waals surface area contributed by atoms with Crippen LogP contribution in [0, 0.1) is 114 Å². The van der Waals surface area contributed by atoms with Gasteiger partial charge < -0.3 is 32.0 Å². The lowest BCUT2D eigenvalue weighted by molar-refractivity contribution is 1.01. The molecule has 0 amide bonds. The third kappa shape index (κ3) is 13.7. The zero-order valence-electron chi connectivity index (χ0n) is 69.0. The molecule has 21 aromatic rings. The Balaban J connectivity index is 0.000000108. The van der Waals surface area contributed by atoms with Gasteiger partial charge in [-0.15, -0.1) is 0 Å². The van der Waals surface area contributed by atoms with Gasteiger partial charge in [0.25, 0.3) is 0 Å². The summed E-state index contributed by atoms with van der Waals surface area (Å²) in [6.45, 7) is 36.0. The summed E-state index contributed by atoms with van der Waals surface area (Å²) in [5.41, 5.74) is 29.4. The highest BCUT2D eigenvalue weighted by Crippen LogP contribution is 2.41. The second kappa shape index (κ2) is 32.2. The van der Waals surface area contributed by atoms with Gasteiger partial charge in [0.2, 0.25) is 0 Å². The fourth-order valence-electron chi connectivity index (χ4n) is 17.5. The molecule has 7 heterocycles. The van der Waals surface area contributed by atoms with E-state index in [0.29, 0.717) is 5.69 Å². The molecule has 574 valence electrons. The fourth-order valence-corrected chi connectivity index (χ4v) is 17.5. The summed E-state index contributed by atoms with van der Waals surface area (Å²) in [6.07, 6.45) is 0. The topological polar surface area (TPSA) is 143 Å². The number of nitrogens with zero attached hydrogens (tertiary/aromatic N) is 14. The lowest BCUT2D eigenvalue weighted by Gasteiger charge is -2.02. The molecule has 0 fully saturated rings. The van der Waals surface area contributed by atoms with Crippen molar-refractivity contribution in [1.29, 1.82) is 21.0 Å². The molecule has 14 heteroatoms. The average molecular weight is 1540 g/mol. The second-order valence-corrected chi connectivity index (χ2v) is 30.5. The summed E-state index contributed by atoms with van der Waals surface area (Å²) >= 11 is 0. The minimum atomic E-state index is 0.695. The molecule has 0 radical (unpaired) electrons. The van der Waals surface area contributed by atoms with Crippen molar-refractivity contribution in [3.05, 3.63) is 350 Å². The van der Waals surface area contributed by atoms with E-state index in [1.165, 1.54) is 104 Å². The summed E-state index contributed by atoms with van der Waals surface area (Å²) in [5.74, 6) is 0. The molecule has 0 saturated carbocycles. The maximum absolute atomic E-state index is 9.30. The number of para-hydroxylation sites is 6. The van der Waals surface area contributed by atoms with E-state index in [1.807, 2.05) is 176 Å². The molecule has 0 spiro atoms. The molecular formula is C105H84N14. The van der Waals surface area contributed by atoms with Crippen molar-refractivity contribution >= 4 is 170 Å². The van der Waals surface area contributed by atoms with E-state index in [9.17, 15) is 15.8 Å². The molecule has 0 bridgehead atoms. The zero-order chi connectivity index (χ0) is 83.9. The number of rotatable bonds is 0. The quantitative estimate of drug-likeness (QED) is 0.139. The zero-order valence-corrected chi connectivity index (χ0v) is 69.0. The standard InChI is InChI=1S/7C15H12N2/c1-10-5-4-6-13-12-8-7-11(16-2)9-14(12)17(3)15(10)13;1-10-8-12(16-2)15-11-6-4-5-7-13(11)17(3)14(15)9-10;1-10-8-9-12(16-2)14-11-6-4-5-7-13(11)17(3)15(10)14;1-10-6-7-12-14(8-10)17(2)13-5-3-4-11(9-16)15(12)13;1-10-7-15-13(8-11(10)9-16)12-5-3-4-6-14(12)17(15)2;1-10-7-11(9-16)15-13(8-10)12-5-3-4-6-14(12)17(15)2;1-10-7-8-12-11-5-3-4-6-14(11)17(2)15(12)13(10)9-16/h3*4-9H,1,3H3;4*3-8H,1-2H3. The van der Waals surface area contributed by atoms with Gasteiger partial charge in [-0.3, -0.25) is 0 Å². The molecule has 0 aliphatic rings. The van der Waals surface area contributed by atoms with Crippen molar-refractivity contribution in [1.82, 2.24) is 32.0 Å². The van der Waals surface area contributed by atoms with E-state index in [1.54, 1.807) is 0 Å². The first-order valence-electron chi connectivity index (χ1n) is 39.1. The van der Waals surface area contributed by atoms with Gasteiger partial charge in [0.05, 0.1) is 76.2 Å². The van der Waals surface area contributed by atoms with Crippen molar-refractivity contribution in [2.45, 2.75) is 48.5 Å². The number of aryl methyl sites for hydroxylation is 14. The highest BCUT2D eigenvalue weighted by molar-refractivity contribution is 6.18. The van der Waals surface area contributed by atoms with E-state index in [2.05, 4.69) is 247 Å². The number of benzene rings is 14. The normalized spacial score (nSPS) is 10.9. The number of fused-ring (bicyclic) bond motifs is 21. The maximum Gasteiger partial charge on any atom is 0.197 e. The molecule has 7 aromatic heterocycles. The predicted molar refractivity (Wildman–Crippen MR) is 494 cm³/mol. The molecule has 0 aliphatic heterocycles. The molecule has 119 heavy (non-hydrogen) atoms. The van der Waals surface area contributed by atoms with Crippen LogP contribution in [0.1, 0.15) is 61.2 Å². The Morgan fingerprint density at radius 2 is 0.672 bits per heavy atom. The van der Waals surface area contributed by atoms with Crippen LogP contribution >= 0.6 is 0 Å². The SMILES string of the molecule is Cc1cc(C#N)c2c(c1)c1ccccc1n2C.Cc1cc2c(cc1C#N)c1ccccc1n2C.Cc1ccc2c3c(C#N)cccc3n(C)c2c1.Cc1ccc2c3ccccc3n(C)c2c1C#N.[C-]#[N+]c1cc(C)cc2c1c1ccccc1n2C.[C-]#[N+]c1ccc(C)c2c1c1ccccc1n2C.[C-]#[N+]c1ccc2c3cccc(C)c3n(C)c2c1. The van der Waals surface area contributed by atoms with Crippen LogP contribution in [-0.4, -0.2) is 32.0 Å². The predicted octanol–water partition coefficient (Wildman–Crippen LogP) is 26.6. The largest absolute Gasteiger partial charge is 0.345 e. The first-order chi connectivity index (χ1) is 57.6. The van der Waals surface area contributed by atoms with Gasteiger partial charge in [0.15, 0.2) is 17.1 Å². The summed E-state index contributed by atoms with van der Waals surface area (Å²) in [5, 5.41) is 53.2. The van der Waals surface area contributed by atoms with E-state index < -0.39 is 0 Å². The second-order valence-electron chi connectivity index (χ2n) is 30.5. The molecule has 14 nitrogen and oxygen atoms in total.